The highest BCUT2D eigenvalue weighted by atomic mass is 16.3. The molecule has 1 rings (SSSR count). The van der Waals surface area contributed by atoms with E-state index in [1.54, 1.807) is 24.3 Å². The van der Waals surface area contributed by atoms with E-state index in [0.29, 0.717) is 6.54 Å². The third kappa shape index (κ3) is 1.82. The summed E-state index contributed by atoms with van der Waals surface area (Å²) in [6.07, 6.45) is 0. The first kappa shape index (κ1) is 7.82. The molecule has 0 heterocycles. The second-order valence-electron chi connectivity index (χ2n) is 2.35. The van der Waals surface area contributed by atoms with E-state index in [4.69, 9.17) is 10.8 Å². The summed E-state index contributed by atoms with van der Waals surface area (Å²) in [6.45, 7) is 4.22. The minimum Gasteiger partial charge on any atom is -0.508 e. The fourth-order valence-corrected chi connectivity index (χ4v) is 0.815. The van der Waals surface area contributed by atoms with Gasteiger partial charge in [-0.2, -0.15) is 0 Å². The van der Waals surface area contributed by atoms with Gasteiger partial charge < -0.3 is 10.8 Å². The Morgan fingerprint density at radius 2 is 1.91 bits per heavy atom. The summed E-state index contributed by atoms with van der Waals surface area (Å²) in [4.78, 5) is 0. The van der Waals surface area contributed by atoms with Gasteiger partial charge in [0.1, 0.15) is 5.75 Å². The molecule has 0 unspecified atom stereocenters. The van der Waals surface area contributed by atoms with E-state index < -0.39 is 0 Å². The number of phenolic OH excluding ortho intramolecular Hbond substituents is 1. The zero-order valence-electron chi connectivity index (χ0n) is 6.25. The lowest BCUT2D eigenvalue weighted by Crippen LogP contribution is -2.00. The van der Waals surface area contributed by atoms with Crippen molar-refractivity contribution >= 4 is 5.57 Å². The highest BCUT2D eigenvalue weighted by Crippen LogP contribution is 2.14. The largest absolute Gasteiger partial charge is 0.508 e. The molecular formula is C9H11NO. The molecular weight excluding hydrogens is 138 g/mol. The Morgan fingerprint density at radius 3 is 2.36 bits per heavy atom. The SMILES string of the molecule is C=C(CN)c1ccc(O)cc1. The maximum absolute atomic E-state index is 8.95. The van der Waals surface area contributed by atoms with Gasteiger partial charge in [0, 0.05) is 6.54 Å². The molecule has 0 aromatic heterocycles. The molecule has 0 saturated carbocycles. The molecule has 1 aromatic rings. The molecule has 0 aliphatic carbocycles. The van der Waals surface area contributed by atoms with Crippen LogP contribution in [0.2, 0.25) is 0 Å². The lowest BCUT2D eigenvalue weighted by Gasteiger charge is -2.01. The molecule has 0 amide bonds. The van der Waals surface area contributed by atoms with Crippen LogP contribution < -0.4 is 5.73 Å². The molecule has 58 valence electrons. The standard InChI is InChI=1S/C9H11NO/c1-7(6-10)8-2-4-9(11)5-3-8/h2-5,11H,1,6,10H2. The predicted molar refractivity (Wildman–Crippen MR) is 46.2 cm³/mol. The first-order chi connectivity index (χ1) is 5.24. The van der Waals surface area contributed by atoms with Crippen molar-refractivity contribution < 1.29 is 5.11 Å². The van der Waals surface area contributed by atoms with Gasteiger partial charge in [-0.1, -0.05) is 18.7 Å². The van der Waals surface area contributed by atoms with Gasteiger partial charge in [0.25, 0.3) is 0 Å². The highest BCUT2D eigenvalue weighted by molar-refractivity contribution is 5.64. The molecule has 0 aliphatic heterocycles. The lowest BCUT2D eigenvalue weighted by atomic mass is 10.1. The molecule has 3 N–H and O–H groups in total. The molecule has 1 aromatic carbocycles. The van der Waals surface area contributed by atoms with Gasteiger partial charge in [0.2, 0.25) is 0 Å². The summed E-state index contributed by atoms with van der Waals surface area (Å²) in [6, 6.07) is 6.83. The second kappa shape index (κ2) is 3.21. The Hall–Kier alpha value is -1.28. The fourth-order valence-electron chi connectivity index (χ4n) is 0.815. The zero-order valence-corrected chi connectivity index (χ0v) is 6.25. The Balaban J connectivity index is 2.90. The molecule has 2 heteroatoms. The van der Waals surface area contributed by atoms with E-state index >= 15 is 0 Å². The molecule has 0 saturated heterocycles. The number of rotatable bonds is 2. The minimum absolute atomic E-state index is 0.263. The van der Waals surface area contributed by atoms with Crippen LogP contribution in [0.1, 0.15) is 5.56 Å². The summed E-state index contributed by atoms with van der Waals surface area (Å²) in [7, 11) is 0. The van der Waals surface area contributed by atoms with E-state index in [2.05, 4.69) is 6.58 Å². The minimum atomic E-state index is 0.263. The molecule has 0 atom stereocenters. The highest BCUT2D eigenvalue weighted by Gasteiger charge is 1.94. The summed E-state index contributed by atoms with van der Waals surface area (Å²) in [5, 5.41) is 8.95. The molecule has 0 aliphatic rings. The number of benzene rings is 1. The normalized spacial score (nSPS) is 9.55. The maximum Gasteiger partial charge on any atom is 0.115 e. The van der Waals surface area contributed by atoms with Gasteiger partial charge in [-0.05, 0) is 23.3 Å². The van der Waals surface area contributed by atoms with Crippen LogP contribution in [-0.4, -0.2) is 11.7 Å². The van der Waals surface area contributed by atoms with Crippen molar-refractivity contribution in [1.82, 2.24) is 0 Å². The number of hydrogen-bond acceptors (Lipinski definition) is 2. The Labute approximate surface area is 66.0 Å². The van der Waals surface area contributed by atoms with Gasteiger partial charge in [-0.25, -0.2) is 0 Å². The average Bonchev–Trinajstić information content (AvgIpc) is 2.05. The van der Waals surface area contributed by atoms with Gasteiger partial charge in [-0.15, -0.1) is 0 Å². The van der Waals surface area contributed by atoms with E-state index in [1.165, 1.54) is 0 Å². The van der Waals surface area contributed by atoms with Crippen LogP contribution >= 0.6 is 0 Å². The molecule has 2 nitrogen and oxygen atoms in total. The van der Waals surface area contributed by atoms with E-state index in [1.807, 2.05) is 0 Å². The van der Waals surface area contributed by atoms with Crippen LogP contribution in [0.5, 0.6) is 5.75 Å². The number of phenols is 1. The number of hydrogen-bond donors (Lipinski definition) is 2. The second-order valence-corrected chi connectivity index (χ2v) is 2.35. The summed E-state index contributed by atoms with van der Waals surface area (Å²) in [5.74, 6) is 0.263. The van der Waals surface area contributed by atoms with Crippen molar-refractivity contribution in [2.45, 2.75) is 0 Å². The summed E-state index contributed by atoms with van der Waals surface area (Å²) in [5.41, 5.74) is 7.24. The van der Waals surface area contributed by atoms with Crippen molar-refractivity contribution in [3.63, 3.8) is 0 Å². The first-order valence-corrected chi connectivity index (χ1v) is 3.41. The zero-order chi connectivity index (χ0) is 8.27. The van der Waals surface area contributed by atoms with E-state index in [-0.39, 0.29) is 5.75 Å². The van der Waals surface area contributed by atoms with Crippen LogP contribution in [0.15, 0.2) is 30.8 Å². The number of aromatic hydroxyl groups is 1. The average molecular weight is 149 g/mol. The Bertz CT molecular complexity index is 251. The van der Waals surface area contributed by atoms with Crippen molar-refractivity contribution in [2.75, 3.05) is 6.54 Å². The van der Waals surface area contributed by atoms with Crippen LogP contribution in [0.4, 0.5) is 0 Å². The van der Waals surface area contributed by atoms with Crippen molar-refractivity contribution in [3.05, 3.63) is 36.4 Å². The van der Waals surface area contributed by atoms with Crippen LogP contribution in [0.25, 0.3) is 5.57 Å². The van der Waals surface area contributed by atoms with Gasteiger partial charge in [0.05, 0.1) is 0 Å². The Kier molecular flexibility index (Phi) is 2.28. The fraction of sp³-hybridized carbons (Fsp3) is 0.111. The quantitative estimate of drug-likeness (QED) is 0.667. The molecule has 11 heavy (non-hydrogen) atoms. The van der Waals surface area contributed by atoms with Gasteiger partial charge in [-0.3, -0.25) is 0 Å². The van der Waals surface area contributed by atoms with E-state index in [9.17, 15) is 0 Å². The topological polar surface area (TPSA) is 46.2 Å². The lowest BCUT2D eigenvalue weighted by molar-refractivity contribution is 0.475. The van der Waals surface area contributed by atoms with Crippen molar-refractivity contribution in [1.29, 1.82) is 0 Å². The van der Waals surface area contributed by atoms with Gasteiger partial charge >= 0.3 is 0 Å². The monoisotopic (exact) mass is 149 g/mol. The molecule has 0 radical (unpaired) electrons. The predicted octanol–water partition coefficient (Wildman–Crippen LogP) is 1.36. The van der Waals surface area contributed by atoms with Crippen LogP contribution in [0, 0.1) is 0 Å². The first-order valence-electron chi connectivity index (χ1n) is 3.41. The van der Waals surface area contributed by atoms with Crippen LogP contribution in [-0.2, 0) is 0 Å². The van der Waals surface area contributed by atoms with Gasteiger partial charge in [0.15, 0.2) is 0 Å². The summed E-state index contributed by atoms with van der Waals surface area (Å²) < 4.78 is 0. The van der Waals surface area contributed by atoms with Crippen LogP contribution in [0.3, 0.4) is 0 Å². The number of nitrogens with two attached hydrogens (primary N) is 1. The van der Waals surface area contributed by atoms with Crippen molar-refractivity contribution in [2.24, 2.45) is 5.73 Å². The van der Waals surface area contributed by atoms with Crippen molar-refractivity contribution in [3.8, 4) is 5.75 Å². The molecule has 0 bridgehead atoms. The molecule has 0 spiro atoms. The third-order valence-corrected chi connectivity index (χ3v) is 1.52. The Morgan fingerprint density at radius 1 is 1.36 bits per heavy atom. The van der Waals surface area contributed by atoms with E-state index in [0.717, 1.165) is 11.1 Å². The third-order valence-electron chi connectivity index (χ3n) is 1.52. The summed E-state index contributed by atoms with van der Waals surface area (Å²) >= 11 is 0. The smallest absolute Gasteiger partial charge is 0.115 e. The molecule has 0 fully saturated rings. The maximum atomic E-state index is 8.95.